The maximum absolute atomic E-state index is 12.9. The monoisotopic (exact) mass is 400 g/mol. The fraction of sp³-hybridized carbons (Fsp3) is 0.333. The minimum atomic E-state index is -3.28. The second-order valence-corrected chi connectivity index (χ2v) is 8.38. The van der Waals surface area contributed by atoms with Crippen molar-refractivity contribution < 1.29 is 18.4 Å². The van der Waals surface area contributed by atoms with Crippen molar-refractivity contribution in [3.05, 3.63) is 59.9 Å². The largest absolute Gasteiger partial charge is 0.361 e. The van der Waals surface area contributed by atoms with E-state index in [4.69, 9.17) is 9.05 Å². The summed E-state index contributed by atoms with van der Waals surface area (Å²) in [5.74, 6) is 0.113. The van der Waals surface area contributed by atoms with Crippen molar-refractivity contribution in [1.82, 2.24) is 9.55 Å². The lowest BCUT2D eigenvalue weighted by atomic mass is 10.1. The smallest absolute Gasteiger partial charge is 0.326 e. The Kier molecular flexibility index (Phi) is 6.45. The van der Waals surface area contributed by atoms with Gasteiger partial charge in [-0.05, 0) is 49.7 Å². The Balaban J connectivity index is 1.86. The lowest BCUT2D eigenvalue weighted by Gasteiger charge is -2.17. The molecule has 6 nitrogen and oxygen atoms in total. The fourth-order valence-corrected chi connectivity index (χ4v) is 4.63. The first-order chi connectivity index (χ1) is 13.5. The number of nitrogens with zero attached hydrogens (tertiary/aromatic N) is 2. The summed E-state index contributed by atoms with van der Waals surface area (Å²) in [6, 6.07) is 13.0. The van der Waals surface area contributed by atoms with Crippen LogP contribution in [0.4, 0.5) is 0 Å². The van der Waals surface area contributed by atoms with Gasteiger partial charge < -0.3 is 13.6 Å². The molecule has 1 heterocycles. The van der Waals surface area contributed by atoms with Gasteiger partial charge in [0, 0.05) is 18.5 Å². The number of aromatic nitrogens is 2. The number of rotatable bonds is 9. The highest BCUT2D eigenvalue weighted by Gasteiger charge is 2.26. The third-order valence-corrected chi connectivity index (χ3v) is 6.59. The summed E-state index contributed by atoms with van der Waals surface area (Å²) < 4.78 is 25.6. The van der Waals surface area contributed by atoms with Crippen LogP contribution in [0.5, 0.6) is 0 Å². The molecule has 0 aliphatic heterocycles. The second-order valence-electron chi connectivity index (χ2n) is 6.35. The number of carbonyl (C=O) groups excluding carboxylic acids is 1. The van der Waals surface area contributed by atoms with Crippen LogP contribution in [0, 0.1) is 0 Å². The van der Waals surface area contributed by atoms with E-state index in [0.717, 1.165) is 16.6 Å². The summed E-state index contributed by atoms with van der Waals surface area (Å²) in [5, 5.41) is 0.547. The van der Waals surface area contributed by atoms with Crippen LogP contribution in [-0.4, -0.2) is 28.5 Å². The molecule has 28 heavy (non-hydrogen) atoms. The van der Waals surface area contributed by atoms with Crippen molar-refractivity contribution in [2.45, 2.75) is 33.7 Å². The molecule has 0 saturated carbocycles. The van der Waals surface area contributed by atoms with Crippen LogP contribution in [0.25, 0.3) is 11.0 Å². The highest BCUT2D eigenvalue weighted by molar-refractivity contribution is 7.62. The van der Waals surface area contributed by atoms with Crippen molar-refractivity contribution in [1.29, 1.82) is 0 Å². The SMILES string of the molecule is CCOP(=O)(OCC)c1ccc(Cn2cnc3ccc(C(=O)CC)cc32)cc1. The average molecular weight is 400 g/mol. The molecule has 1 aromatic heterocycles. The first-order valence-electron chi connectivity index (χ1n) is 9.47. The van der Waals surface area contributed by atoms with E-state index < -0.39 is 7.60 Å². The number of Topliss-reactive ketones (excluding diaryl/α,β-unsaturated/α-hetero) is 1. The van der Waals surface area contributed by atoms with Gasteiger partial charge in [-0.3, -0.25) is 9.36 Å². The molecular formula is C21H25N2O4P. The summed E-state index contributed by atoms with van der Waals surface area (Å²) in [6.45, 7) is 6.67. The van der Waals surface area contributed by atoms with Crippen molar-refractivity contribution >= 4 is 29.7 Å². The molecule has 0 spiro atoms. The van der Waals surface area contributed by atoms with E-state index in [-0.39, 0.29) is 5.78 Å². The van der Waals surface area contributed by atoms with Crippen LogP contribution < -0.4 is 5.30 Å². The van der Waals surface area contributed by atoms with Gasteiger partial charge in [-0.15, -0.1) is 0 Å². The third-order valence-electron chi connectivity index (χ3n) is 4.47. The zero-order valence-electron chi connectivity index (χ0n) is 16.4. The molecule has 0 N–H and O–H groups in total. The van der Waals surface area contributed by atoms with Crippen molar-refractivity contribution in [3.63, 3.8) is 0 Å². The minimum Gasteiger partial charge on any atom is -0.326 e. The van der Waals surface area contributed by atoms with Gasteiger partial charge in [0.2, 0.25) is 0 Å². The predicted molar refractivity (Wildman–Crippen MR) is 110 cm³/mol. The minimum absolute atomic E-state index is 0.113. The zero-order chi connectivity index (χ0) is 20.1. The van der Waals surface area contributed by atoms with E-state index in [0.29, 0.717) is 37.0 Å². The molecule has 7 heteroatoms. The molecule has 0 bridgehead atoms. The van der Waals surface area contributed by atoms with E-state index in [2.05, 4.69) is 4.98 Å². The number of carbonyl (C=O) groups is 1. The Bertz CT molecular complexity index is 1000. The molecule has 0 radical (unpaired) electrons. The number of benzene rings is 2. The van der Waals surface area contributed by atoms with E-state index in [1.165, 1.54) is 0 Å². The van der Waals surface area contributed by atoms with Crippen LogP contribution in [0.2, 0.25) is 0 Å². The lowest BCUT2D eigenvalue weighted by molar-refractivity contribution is 0.0988. The van der Waals surface area contributed by atoms with E-state index in [1.807, 2.05) is 41.8 Å². The molecule has 0 aliphatic rings. The van der Waals surface area contributed by atoms with Crippen LogP contribution >= 0.6 is 7.60 Å². The highest BCUT2D eigenvalue weighted by Crippen LogP contribution is 2.46. The predicted octanol–water partition coefficient (Wildman–Crippen LogP) is 4.57. The second kappa shape index (κ2) is 8.82. The Hall–Kier alpha value is -2.27. The van der Waals surface area contributed by atoms with Gasteiger partial charge in [-0.2, -0.15) is 0 Å². The fourth-order valence-electron chi connectivity index (χ4n) is 3.07. The Morgan fingerprint density at radius 2 is 1.71 bits per heavy atom. The average Bonchev–Trinajstić information content (AvgIpc) is 3.10. The Morgan fingerprint density at radius 3 is 2.32 bits per heavy atom. The molecule has 0 saturated heterocycles. The van der Waals surface area contributed by atoms with Crippen molar-refractivity contribution in [3.8, 4) is 0 Å². The quantitative estimate of drug-likeness (QED) is 0.389. The van der Waals surface area contributed by atoms with Crippen molar-refractivity contribution in [2.24, 2.45) is 0 Å². The molecule has 0 unspecified atom stereocenters. The number of ketones is 1. The zero-order valence-corrected chi connectivity index (χ0v) is 17.3. The first-order valence-corrected chi connectivity index (χ1v) is 11.0. The Labute approximate surface area is 165 Å². The van der Waals surface area contributed by atoms with Gasteiger partial charge >= 0.3 is 7.60 Å². The summed E-state index contributed by atoms with van der Waals surface area (Å²) in [6.07, 6.45) is 2.24. The number of imidazole rings is 1. The Morgan fingerprint density at radius 1 is 1.04 bits per heavy atom. The summed E-state index contributed by atoms with van der Waals surface area (Å²) >= 11 is 0. The van der Waals surface area contributed by atoms with Gasteiger partial charge in [0.05, 0.1) is 35.9 Å². The van der Waals surface area contributed by atoms with E-state index in [1.54, 1.807) is 32.3 Å². The number of fused-ring (bicyclic) bond motifs is 1. The van der Waals surface area contributed by atoms with E-state index >= 15 is 0 Å². The first kappa shape index (κ1) is 20.5. The van der Waals surface area contributed by atoms with E-state index in [9.17, 15) is 9.36 Å². The van der Waals surface area contributed by atoms with Crippen LogP contribution in [-0.2, 0) is 20.2 Å². The normalized spacial score (nSPS) is 11.8. The molecule has 0 aliphatic carbocycles. The van der Waals surface area contributed by atoms with Crippen LogP contribution in [0.1, 0.15) is 43.1 Å². The van der Waals surface area contributed by atoms with Gasteiger partial charge in [-0.25, -0.2) is 4.98 Å². The van der Waals surface area contributed by atoms with Crippen LogP contribution in [0.15, 0.2) is 48.8 Å². The number of hydrogen-bond donors (Lipinski definition) is 0. The molecule has 0 amide bonds. The van der Waals surface area contributed by atoms with Gasteiger partial charge in [-0.1, -0.05) is 19.1 Å². The summed E-state index contributed by atoms with van der Waals surface area (Å²) in [5.41, 5.74) is 3.48. The topological polar surface area (TPSA) is 70.4 Å². The molecule has 0 fully saturated rings. The molecule has 0 atom stereocenters. The highest BCUT2D eigenvalue weighted by atomic mass is 31.2. The van der Waals surface area contributed by atoms with Gasteiger partial charge in [0.15, 0.2) is 5.78 Å². The lowest BCUT2D eigenvalue weighted by Crippen LogP contribution is -2.11. The molecule has 2 aromatic carbocycles. The maximum atomic E-state index is 12.9. The standard InChI is InChI=1S/C21H25N2O4P/c1-4-21(24)17-9-12-19-20(13-17)23(15-22-19)14-16-7-10-18(11-8-16)28(25,26-5-2)27-6-3/h7-13,15H,4-6,14H2,1-3H3. The molecule has 148 valence electrons. The summed E-state index contributed by atoms with van der Waals surface area (Å²) in [7, 11) is -3.28. The number of hydrogen-bond acceptors (Lipinski definition) is 5. The van der Waals surface area contributed by atoms with Crippen molar-refractivity contribution in [2.75, 3.05) is 13.2 Å². The van der Waals surface area contributed by atoms with Gasteiger partial charge in [0.25, 0.3) is 0 Å². The van der Waals surface area contributed by atoms with Gasteiger partial charge in [0.1, 0.15) is 0 Å². The maximum Gasteiger partial charge on any atom is 0.361 e. The molecule has 3 aromatic rings. The van der Waals surface area contributed by atoms with Crippen LogP contribution in [0.3, 0.4) is 0 Å². The molecule has 3 rings (SSSR count). The molecular weight excluding hydrogens is 375 g/mol. The summed E-state index contributed by atoms with van der Waals surface area (Å²) in [4.78, 5) is 16.4. The third kappa shape index (κ3) is 4.25.